The van der Waals surface area contributed by atoms with Crippen molar-refractivity contribution in [2.75, 3.05) is 12.4 Å². The van der Waals surface area contributed by atoms with E-state index in [-0.39, 0.29) is 5.91 Å². The SMILES string of the molecule is COc1ccc(NC(=O)/C=C/c2c(Cl)nc3ccccn23)cc1. The van der Waals surface area contributed by atoms with Crippen LogP contribution < -0.4 is 10.1 Å². The number of carbonyl (C=O) groups is 1. The zero-order valence-corrected chi connectivity index (χ0v) is 13.1. The van der Waals surface area contributed by atoms with Crippen molar-refractivity contribution in [1.29, 1.82) is 0 Å². The van der Waals surface area contributed by atoms with Gasteiger partial charge in [0.05, 0.1) is 12.8 Å². The van der Waals surface area contributed by atoms with E-state index in [1.165, 1.54) is 6.08 Å². The molecule has 2 aromatic heterocycles. The van der Waals surface area contributed by atoms with Gasteiger partial charge < -0.3 is 10.1 Å². The van der Waals surface area contributed by atoms with Gasteiger partial charge in [-0.15, -0.1) is 0 Å². The molecule has 0 fully saturated rings. The summed E-state index contributed by atoms with van der Waals surface area (Å²) in [5.74, 6) is 0.480. The Labute approximate surface area is 138 Å². The van der Waals surface area contributed by atoms with Crippen LogP contribution in [0.15, 0.2) is 54.7 Å². The van der Waals surface area contributed by atoms with E-state index in [1.807, 2.05) is 28.8 Å². The Hall–Kier alpha value is -2.79. The van der Waals surface area contributed by atoms with Crippen LogP contribution in [0.5, 0.6) is 5.75 Å². The van der Waals surface area contributed by atoms with Gasteiger partial charge in [-0.05, 0) is 42.5 Å². The fourth-order valence-electron chi connectivity index (χ4n) is 2.15. The van der Waals surface area contributed by atoms with Gasteiger partial charge in [-0.3, -0.25) is 9.20 Å². The summed E-state index contributed by atoms with van der Waals surface area (Å²) in [5.41, 5.74) is 2.07. The number of ether oxygens (including phenoxy) is 1. The molecule has 0 bridgehead atoms. The predicted molar refractivity (Wildman–Crippen MR) is 90.9 cm³/mol. The molecule has 0 aliphatic rings. The third-order valence-corrected chi connectivity index (χ3v) is 3.55. The molecule has 0 saturated heterocycles. The first-order chi connectivity index (χ1) is 11.2. The quantitative estimate of drug-likeness (QED) is 0.744. The number of halogens is 1. The van der Waals surface area contributed by atoms with E-state index in [0.29, 0.717) is 16.5 Å². The second-order valence-corrected chi connectivity index (χ2v) is 5.13. The Kier molecular flexibility index (Phi) is 4.30. The number of amides is 1. The number of hydrogen-bond donors (Lipinski definition) is 1. The number of hydrogen-bond acceptors (Lipinski definition) is 3. The molecule has 3 aromatic rings. The van der Waals surface area contributed by atoms with Crippen molar-refractivity contribution in [3.8, 4) is 5.75 Å². The molecule has 0 saturated carbocycles. The Bertz CT molecular complexity index is 869. The topological polar surface area (TPSA) is 55.6 Å². The van der Waals surface area contributed by atoms with Crippen LogP contribution >= 0.6 is 11.6 Å². The minimum Gasteiger partial charge on any atom is -0.497 e. The van der Waals surface area contributed by atoms with E-state index in [0.717, 1.165) is 11.4 Å². The molecule has 0 aliphatic heterocycles. The van der Waals surface area contributed by atoms with Gasteiger partial charge in [0.1, 0.15) is 11.4 Å². The number of aromatic nitrogens is 2. The van der Waals surface area contributed by atoms with Crippen molar-refractivity contribution in [3.05, 3.63) is 65.6 Å². The van der Waals surface area contributed by atoms with Crippen molar-refractivity contribution < 1.29 is 9.53 Å². The van der Waals surface area contributed by atoms with E-state index >= 15 is 0 Å². The van der Waals surface area contributed by atoms with Gasteiger partial charge >= 0.3 is 0 Å². The molecule has 5 nitrogen and oxygen atoms in total. The summed E-state index contributed by atoms with van der Waals surface area (Å²) in [7, 11) is 1.59. The number of nitrogens with zero attached hydrogens (tertiary/aromatic N) is 2. The van der Waals surface area contributed by atoms with Gasteiger partial charge in [0.2, 0.25) is 5.91 Å². The van der Waals surface area contributed by atoms with Crippen LogP contribution in [0.2, 0.25) is 5.15 Å². The number of anilines is 1. The van der Waals surface area contributed by atoms with E-state index in [9.17, 15) is 4.79 Å². The fourth-order valence-corrected chi connectivity index (χ4v) is 2.39. The Morgan fingerprint density at radius 3 is 2.78 bits per heavy atom. The normalized spacial score (nSPS) is 11.0. The van der Waals surface area contributed by atoms with Gasteiger partial charge in [-0.2, -0.15) is 0 Å². The molecule has 1 amide bonds. The van der Waals surface area contributed by atoms with Crippen LogP contribution in [-0.2, 0) is 4.79 Å². The summed E-state index contributed by atoms with van der Waals surface area (Å²) in [4.78, 5) is 16.2. The molecular formula is C17H14ClN3O2. The second kappa shape index (κ2) is 6.54. The van der Waals surface area contributed by atoms with Gasteiger partial charge in [-0.1, -0.05) is 17.7 Å². The molecule has 2 heterocycles. The highest BCUT2D eigenvalue weighted by molar-refractivity contribution is 6.31. The molecule has 0 aliphatic carbocycles. The van der Waals surface area contributed by atoms with Crippen LogP contribution in [-0.4, -0.2) is 22.4 Å². The zero-order valence-electron chi connectivity index (χ0n) is 12.4. The molecule has 1 N–H and O–H groups in total. The zero-order chi connectivity index (χ0) is 16.2. The van der Waals surface area contributed by atoms with Crippen molar-refractivity contribution in [3.63, 3.8) is 0 Å². The second-order valence-electron chi connectivity index (χ2n) is 4.77. The summed E-state index contributed by atoms with van der Waals surface area (Å²) in [6.45, 7) is 0. The van der Waals surface area contributed by atoms with Gasteiger partial charge in [-0.25, -0.2) is 4.98 Å². The standard InChI is InChI=1S/C17H14ClN3O2/c1-23-13-7-5-12(6-8-13)19-16(22)10-9-14-17(18)20-15-4-2-3-11-21(14)15/h2-11H,1H3,(H,19,22)/b10-9+. The maximum atomic E-state index is 12.0. The van der Waals surface area contributed by atoms with Gasteiger partial charge in [0.15, 0.2) is 5.15 Å². The highest BCUT2D eigenvalue weighted by atomic mass is 35.5. The molecule has 23 heavy (non-hydrogen) atoms. The average Bonchev–Trinajstić information content (AvgIpc) is 2.89. The van der Waals surface area contributed by atoms with E-state index < -0.39 is 0 Å². The van der Waals surface area contributed by atoms with E-state index in [4.69, 9.17) is 16.3 Å². The summed E-state index contributed by atoms with van der Waals surface area (Å²) < 4.78 is 6.89. The minimum atomic E-state index is -0.253. The van der Waals surface area contributed by atoms with E-state index in [2.05, 4.69) is 10.3 Å². The van der Waals surface area contributed by atoms with Crippen molar-refractivity contribution in [2.24, 2.45) is 0 Å². The number of carbonyl (C=O) groups excluding carboxylic acids is 1. The third-order valence-electron chi connectivity index (χ3n) is 3.27. The van der Waals surface area contributed by atoms with Crippen LogP contribution in [0.1, 0.15) is 5.69 Å². The molecule has 6 heteroatoms. The van der Waals surface area contributed by atoms with Crippen molar-refractivity contribution in [1.82, 2.24) is 9.38 Å². The number of pyridine rings is 1. The summed E-state index contributed by atoms with van der Waals surface area (Å²) >= 11 is 6.12. The fraction of sp³-hybridized carbons (Fsp3) is 0.0588. The number of imidazole rings is 1. The van der Waals surface area contributed by atoms with Crippen LogP contribution in [0, 0.1) is 0 Å². The molecule has 0 spiro atoms. The molecule has 1 aromatic carbocycles. The van der Waals surface area contributed by atoms with Gasteiger partial charge in [0, 0.05) is 18.0 Å². The summed E-state index contributed by atoms with van der Waals surface area (Å²) in [5, 5.41) is 3.12. The minimum absolute atomic E-state index is 0.253. The summed E-state index contributed by atoms with van der Waals surface area (Å²) in [6, 6.07) is 12.7. The molecular weight excluding hydrogens is 314 g/mol. The first-order valence-corrected chi connectivity index (χ1v) is 7.31. The number of fused-ring (bicyclic) bond motifs is 1. The number of benzene rings is 1. The van der Waals surface area contributed by atoms with Crippen molar-refractivity contribution in [2.45, 2.75) is 0 Å². The van der Waals surface area contributed by atoms with Crippen LogP contribution in [0.25, 0.3) is 11.7 Å². The highest BCUT2D eigenvalue weighted by Gasteiger charge is 2.07. The molecule has 3 rings (SSSR count). The maximum absolute atomic E-state index is 12.0. The average molecular weight is 328 g/mol. The highest BCUT2D eigenvalue weighted by Crippen LogP contribution is 2.19. The number of rotatable bonds is 4. The lowest BCUT2D eigenvalue weighted by molar-refractivity contribution is -0.111. The molecule has 0 radical (unpaired) electrons. The van der Waals surface area contributed by atoms with Gasteiger partial charge in [0.25, 0.3) is 0 Å². The van der Waals surface area contributed by atoms with Crippen molar-refractivity contribution >= 4 is 34.9 Å². The lowest BCUT2D eigenvalue weighted by Crippen LogP contribution is -2.07. The number of methoxy groups -OCH3 is 1. The monoisotopic (exact) mass is 327 g/mol. The molecule has 0 atom stereocenters. The van der Waals surface area contributed by atoms with Crippen LogP contribution in [0.4, 0.5) is 5.69 Å². The molecule has 116 valence electrons. The van der Waals surface area contributed by atoms with E-state index in [1.54, 1.807) is 37.5 Å². The maximum Gasteiger partial charge on any atom is 0.248 e. The largest absolute Gasteiger partial charge is 0.497 e. The third kappa shape index (κ3) is 3.35. The smallest absolute Gasteiger partial charge is 0.248 e. The lowest BCUT2D eigenvalue weighted by atomic mass is 10.3. The Balaban J connectivity index is 1.75. The first-order valence-electron chi connectivity index (χ1n) is 6.93. The first kappa shape index (κ1) is 15.1. The molecule has 0 unspecified atom stereocenters. The summed E-state index contributed by atoms with van der Waals surface area (Å²) in [6.07, 6.45) is 4.91. The lowest BCUT2D eigenvalue weighted by Gasteiger charge is -2.03. The Morgan fingerprint density at radius 2 is 2.04 bits per heavy atom. The Morgan fingerprint density at radius 1 is 1.26 bits per heavy atom. The predicted octanol–water partition coefficient (Wildman–Crippen LogP) is 3.65. The number of nitrogens with one attached hydrogen (secondary N) is 1. The van der Waals surface area contributed by atoms with Crippen LogP contribution in [0.3, 0.4) is 0 Å².